The van der Waals surface area contributed by atoms with E-state index in [1.54, 1.807) is 11.3 Å². The van der Waals surface area contributed by atoms with Crippen molar-refractivity contribution in [2.75, 3.05) is 12.3 Å². The van der Waals surface area contributed by atoms with Crippen LogP contribution in [-0.4, -0.2) is 18.2 Å². The van der Waals surface area contributed by atoms with Crippen LogP contribution in [0.15, 0.2) is 44.7 Å². The minimum absolute atomic E-state index is 0.0306. The van der Waals surface area contributed by atoms with Gasteiger partial charge in [0.1, 0.15) is 0 Å². The van der Waals surface area contributed by atoms with Gasteiger partial charge in [-0.1, -0.05) is 12.1 Å². The monoisotopic (exact) mass is 433 g/mol. The molecule has 0 fully saturated rings. The molecule has 0 spiro atoms. The van der Waals surface area contributed by atoms with E-state index in [9.17, 15) is 4.79 Å². The Hall–Kier alpha value is -0.300. The number of carbonyl (C=O) groups excluding carboxylic acids is 1. The molecule has 2 rings (SSSR count). The minimum Gasteiger partial charge on any atom is -0.351 e. The van der Waals surface area contributed by atoms with Gasteiger partial charge in [-0.05, 0) is 56.1 Å². The molecule has 2 aromatic rings. The standard InChI is InChI=1S/C14H13Br2NOS2/c15-12-4-2-1-3-11(12)14(18)17-7-8-19-9-10-5-6-13(16)20-10/h1-6H,7-9H2,(H,17,18). The average molecular weight is 435 g/mol. The summed E-state index contributed by atoms with van der Waals surface area (Å²) in [6, 6.07) is 11.6. The normalized spacial score (nSPS) is 10.5. The highest BCUT2D eigenvalue weighted by Crippen LogP contribution is 2.25. The van der Waals surface area contributed by atoms with Crippen LogP contribution in [0, 0.1) is 0 Å². The molecule has 2 nitrogen and oxygen atoms in total. The Morgan fingerprint density at radius 2 is 2.00 bits per heavy atom. The van der Waals surface area contributed by atoms with E-state index in [0.717, 1.165) is 19.8 Å². The van der Waals surface area contributed by atoms with Crippen molar-refractivity contribution in [3.63, 3.8) is 0 Å². The fourth-order valence-electron chi connectivity index (χ4n) is 1.58. The third-order valence-corrected chi connectivity index (χ3v) is 6.03. The van der Waals surface area contributed by atoms with Gasteiger partial charge in [-0.15, -0.1) is 11.3 Å². The third-order valence-electron chi connectivity index (χ3n) is 2.52. The summed E-state index contributed by atoms with van der Waals surface area (Å²) in [4.78, 5) is 13.3. The van der Waals surface area contributed by atoms with Crippen molar-refractivity contribution in [2.45, 2.75) is 5.75 Å². The molecule has 0 aliphatic rings. The lowest BCUT2D eigenvalue weighted by Crippen LogP contribution is -2.26. The number of nitrogens with one attached hydrogen (secondary N) is 1. The van der Waals surface area contributed by atoms with Crippen LogP contribution in [0.25, 0.3) is 0 Å². The number of thiophene rings is 1. The van der Waals surface area contributed by atoms with E-state index >= 15 is 0 Å². The SMILES string of the molecule is O=C(NCCSCc1ccc(Br)s1)c1ccccc1Br. The second-order valence-electron chi connectivity index (χ2n) is 3.99. The van der Waals surface area contributed by atoms with Gasteiger partial charge < -0.3 is 5.32 Å². The number of amides is 1. The molecule has 1 heterocycles. The predicted octanol–water partition coefficient (Wildman–Crippen LogP) is 4.94. The molecule has 1 aromatic heterocycles. The molecular weight excluding hydrogens is 422 g/mol. The fraction of sp³-hybridized carbons (Fsp3) is 0.214. The first-order valence-corrected chi connectivity index (χ1v) is 9.57. The molecule has 6 heteroatoms. The van der Waals surface area contributed by atoms with Gasteiger partial charge in [-0.2, -0.15) is 11.8 Å². The summed E-state index contributed by atoms with van der Waals surface area (Å²) in [6.07, 6.45) is 0. The second kappa shape index (κ2) is 8.22. The highest BCUT2D eigenvalue weighted by molar-refractivity contribution is 9.11. The molecular formula is C14H13Br2NOS2. The van der Waals surface area contributed by atoms with Gasteiger partial charge in [0.05, 0.1) is 9.35 Å². The quantitative estimate of drug-likeness (QED) is 0.652. The van der Waals surface area contributed by atoms with E-state index in [-0.39, 0.29) is 5.91 Å². The summed E-state index contributed by atoms with van der Waals surface area (Å²) in [5, 5.41) is 2.94. The van der Waals surface area contributed by atoms with Crippen molar-refractivity contribution in [1.82, 2.24) is 5.32 Å². The number of hydrogen-bond donors (Lipinski definition) is 1. The lowest BCUT2D eigenvalue weighted by Gasteiger charge is -2.06. The molecule has 0 aliphatic heterocycles. The van der Waals surface area contributed by atoms with E-state index in [4.69, 9.17) is 0 Å². The number of carbonyl (C=O) groups is 1. The largest absolute Gasteiger partial charge is 0.351 e. The molecule has 1 N–H and O–H groups in total. The van der Waals surface area contributed by atoms with Gasteiger partial charge in [0, 0.05) is 27.4 Å². The Kier molecular flexibility index (Phi) is 6.61. The first-order chi connectivity index (χ1) is 9.66. The number of halogens is 2. The first kappa shape index (κ1) is 16.1. The van der Waals surface area contributed by atoms with E-state index in [1.807, 2.05) is 36.0 Å². The highest BCUT2D eigenvalue weighted by atomic mass is 79.9. The third kappa shape index (κ3) is 4.91. The van der Waals surface area contributed by atoms with Gasteiger partial charge in [-0.25, -0.2) is 0 Å². The van der Waals surface area contributed by atoms with Crippen LogP contribution < -0.4 is 5.32 Å². The van der Waals surface area contributed by atoms with Gasteiger partial charge in [0.2, 0.25) is 0 Å². The molecule has 0 radical (unpaired) electrons. The summed E-state index contributed by atoms with van der Waals surface area (Å²) in [6.45, 7) is 0.678. The van der Waals surface area contributed by atoms with Crippen molar-refractivity contribution in [1.29, 1.82) is 0 Å². The summed E-state index contributed by atoms with van der Waals surface area (Å²) in [5.74, 6) is 1.87. The summed E-state index contributed by atoms with van der Waals surface area (Å²) in [7, 11) is 0. The molecule has 0 saturated carbocycles. The zero-order valence-corrected chi connectivity index (χ0v) is 15.4. The molecule has 1 aromatic carbocycles. The molecule has 0 aliphatic carbocycles. The minimum atomic E-state index is -0.0306. The van der Waals surface area contributed by atoms with Crippen LogP contribution in [0.1, 0.15) is 15.2 Å². The molecule has 106 valence electrons. The molecule has 0 saturated heterocycles. The van der Waals surface area contributed by atoms with Gasteiger partial charge in [0.15, 0.2) is 0 Å². The van der Waals surface area contributed by atoms with Crippen LogP contribution in [0.3, 0.4) is 0 Å². The van der Waals surface area contributed by atoms with Gasteiger partial charge in [-0.3, -0.25) is 4.79 Å². The zero-order chi connectivity index (χ0) is 14.4. The molecule has 0 unspecified atom stereocenters. The molecule has 0 atom stereocenters. The van der Waals surface area contributed by atoms with Gasteiger partial charge >= 0.3 is 0 Å². The van der Waals surface area contributed by atoms with E-state index < -0.39 is 0 Å². The van der Waals surface area contributed by atoms with Crippen LogP contribution in [0.4, 0.5) is 0 Å². The Morgan fingerprint density at radius 3 is 2.70 bits per heavy atom. The van der Waals surface area contributed by atoms with Crippen LogP contribution in [0.2, 0.25) is 0 Å². The summed E-state index contributed by atoms with van der Waals surface area (Å²) >= 11 is 10.4. The van der Waals surface area contributed by atoms with Crippen LogP contribution >= 0.6 is 55.0 Å². The first-order valence-electron chi connectivity index (χ1n) is 6.01. The number of hydrogen-bond acceptors (Lipinski definition) is 3. The fourth-order valence-corrected chi connectivity index (χ4v) is 4.50. The maximum absolute atomic E-state index is 11.9. The van der Waals surface area contributed by atoms with Crippen molar-refractivity contribution < 1.29 is 4.79 Å². The van der Waals surface area contributed by atoms with E-state index in [0.29, 0.717) is 12.1 Å². The Morgan fingerprint density at radius 1 is 1.20 bits per heavy atom. The number of thioether (sulfide) groups is 1. The molecule has 20 heavy (non-hydrogen) atoms. The van der Waals surface area contributed by atoms with E-state index in [2.05, 4.69) is 49.3 Å². The average Bonchev–Trinajstić information content (AvgIpc) is 2.84. The van der Waals surface area contributed by atoms with Crippen molar-refractivity contribution in [2.24, 2.45) is 0 Å². The maximum Gasteiger partial charge on any atom is 0.252 e. The molecule has 1 amide bonds. The number of rotatable bonds is 6. The van der Waals surface area contributed by atoms with Crippen molar-refractivity contribution in [3.8, 4) is 0 Å². The topological polar surface area (TPSA) is 29.1 Å². The smallest absolute Gasteiger partial charge is 0.252 e. The maximum atomic E-state index is 11.9. The van der Waals surface area contributed by atoms with Crippen LogP contribution in [-0.2, 0) is 5.75 Å². The lowest BCUT2D eigenvalue weighted by atomic mass is 10.2. The van der Waals surface area contributed by atoms with Gasteiger partial charge in [0.25, 0.3) is 5.91 Å². The van der Waals surface area contributed by atoms with Crippen LogP contribution in [0.5, 0.6) is 0 Å². The Labute approximate surface area is 143 Å². The van der Waals surface area contributed by atoms with Crippen molar-refractivity contribution in [3.05, 3.63) is 55.1 Å². The summed E-state index contributed by atoms with van der Waals surface area (Å²) < 4.78 is 1.99. The molecule has 0 bridgehead atoms. The summed E-state index contributed by atoms with van der Waals surface area (Å²) in [5.41, 5.74) is 0.680. The van der Waals surface area contributed by atoms with Crippen molar-refractivity contribution >= 4 is 60.9 Å². The highest BCUT2D eigenvalue weighted by Gasteiger charge is 2.07. The van der Waals surface area contributed by atoms with E-state index in [1.165, 1.54) is 4.88 Å². The number of benzene rings is 1. The Balaban J connectivity index is 1.68. The Bertz CT molecular complexity index is 586. The zero-order valence-electron chi connectivity index (χ0n) is 10.6. The lowest BCUT2D eigenvalue weighted by molar-refractivity contribution is 0.0955. The second-order valence-corrected chi connectivity index (χ2v) is 8.50. The predicted molar refractivity (Wildman–Crippen MR) is 94.7 cm³/mol.